The van der Waals surface area contributed by atoms with Crippen molar-refractivity contribution in [3.05, 3.63) is 29.1 Å². The molecule has 0 aliphatic heterocycles. The molecule has 1 aromatic carbocycles. The third kappa shape index (κ3) is 26.3. The summed E-state index contributed by atoms with van der Waals surface area (Å²) in [6.07, 6.45) is 0.559. The van der Waals surface area contributed by atoms with Crippen molar-refractivity contribution in [2.24, 2.45) is 0 Å². The van der Waals surface area contributed by atoms with Gasteiger partial charge in [0.2, 0.25) is 40.7 Å². The van der Waals surface area contributed by atoms with Crippen LogP contribution in [-0.4, -0.2) is 124 Å². The maximum Gasteiger partial charge on any atom is 0.313 e. The lowest BCUT2D eigenvalue weighted by Gasteiger charge is -2.09. The molecule has 0 atom stereocenters. The molecule has 1 aromatic rings. The van der Waals surface area contributed by atoms with Gasteiger partial charge in [0.1, 0.15) is 0 Å². The number of benzene rings is 1. The normalized spacial score (nSPS) is 10.6. The van der Waals surface area contributed by atoms with Gasteiger partial charge in [0.25, 0.3) is 0 Å². The highest BCUT2D eigenvalue weighted by Crippen LogP contribution is 2.29. The monoisotopic (exact) mass is 737 g/mol. The lowest BCUT2D eigenvalue weighted by Crippen LogP contribution is -2.28. The average molecular weight is 738 g/mol. The van der Waals surface area contributed by atoms with Gasteiger partial charge in [0, 0.05) is 19.6 Å². The van der Waals surface area contributed by atoms with Gasteiger partial charge in [-0.3, -0.25) is 9.59 Å². The number of ether oxygens (including phenoxy) is 9. The molecule has 1 amide bonds. The third-order valence-corrected chi connectivity index (χ3v) is 5.46. The van der Waals surface area contributed by atoms with Crippen molar-refractivity contribution in [3.8, 4) is 5.75 Å². The number of rotatable bonds is 30. The molecule has 1 rings (SSSR count). The Morgan fingerprint density at radius 3 is 1.18 bits per heavy atom. The number of halogens is 5. The van der Waals surface area contributed by atoms with Crippen molar-refractivity contribution >= 4 is 11.9 Å². The molecule has 0 saturated heterocycles. The van der Waals surface area contributed by atoms with Crippen LogP contribution >= 0.6 is 0 Å². The van der Waals surface area contributed by atoms with Crippen molar-refractivity contribution < 1.29 is 74.2 Å². The Kier molecular flexibility index (Phi) is 36.0. The van der Waals surface area contributed by atoms with Crippen molar-refractivity contribution in [1.29, 1.82) is 0 Å². The first kappa shape index (κ1) is 49.6. The lowest BCUT2D eigenvalue weighted by molar-refractivity contribution is -0.136. The van der Waals surface area contributed by atoms with E-state index < -0.39 is 47.2 Å². The molecule has 1 N–H and O–H groups in total. The topological polar surface area (TPSA) is 129 Å². The first-order valence-corrected chi connectivity index (χ1v) is 16.9. The maximum absolute atomic E-state index is 13.5. The summed E-state index contributed by atoms with van der Waals surface area (Å²) in [6.45, 7) is 16.0. The van der Waals surface area contributed by atoms with E-state index in [1.54, 1.807) is 0 Å². The van der Waals surface area contributed by atoms with Crippen LogP contribution in [0.1, 0.15) is 53.9 Å². The van der Waals surface area contributed by atoms with Crippen molar-refractivity contribution in [2.45, 2.75) is 53.9 Å². The number of hydrogen-bond acceptors (Lipinski definition) is 11. The number of esters is 1. The van der Waals surface area contributed by atoms with Crippen LogP contribution in [0, 0.1) is 29.1 Å². The fourth-order valence-corrected chi connectivity index (χ4v) is 3.18. The van der Waals surface area contributed by atoms with E-state index in [9.17, 15) is 31.5 Å². The molecule has 0 aliphatic carbocycles. The number of carbonyl (C=O) groups is 2. The Hall–Kier alpha value is -2.51. The van der Waals surface area contributed by atoms with Gasteiger partial charge in [-0.05, 0) is 6.42 Å². The van der Waals surface area contributed by atoms with Crippen molar-refractivity contribution in [2.75, 3.05) is 112 Å². The third-order valence-electron chi connectivity index (χ3n) is 5.46. The molecular weight excluding hydrogens is 681 g/mol. The van der Waals surface area contributed by atoms with Crippen LogP contribution in [0.25, 0.3) is 0 Å². The maximum atomic E-state index is 13.5. The highest BCUT2D eigenvalue weighted by molar-refractivity contribution is 5.75. The summed E-state index contributed by atoms with van der Waals surface area (Å²) in [4.78, 5) is 23.4. The minimum absolute atomic E-state index is 0.0137. The molecule has 0 fully saturated rings. The van der Waals surface area contributed by atoms with E-state index in [0.29, 0.717) is 79.2 Å². The van der Waals surface area contributed by atoms with Gasteiger partial charge >= 0.3 is 5.97 Å². The minimum atomic E-state index is -2.36. The quantitative estimate of drug-likeness (QED) is 0.0293. The Morgan fingerprint density at radius 1 is 0.460 bits per heavy atom. The molecular formula is C33H56F5NO11. The Labute approximate surface area is 292 Å². The van der Waals surface area contributed by atoms with E-state index in [1.165, 1.54) is 0 Å². The lowest BCUT2D eigenvalue weighted by atomic mass is 10.2. The van der Waals surface area contributed by atoms with E-state index in [-0.39, 0.29) is 38.8 Å². The Balaban J connectivity index is 0. The zero-order chi connectivity index (χ0) is 37.8. The van der Waals surface area contributed by atoms with E-state index in [1.807, 2.05) is 27.7 Å². The fourth-order valence-electron chi connectivity index (χ4n) is 3.18. The standard InChI is InChI=1S/C29H44F5NO11.2C2H6/c1-2-6-38-10-14-42-16-18-44-20-21-45-19-17-43-15-13-41-9-5-35-22(36)3-7-39-11-12-40-8-4-23(37)46-29-27(33)25(31)24(30)26(32)28(29)34;2*1-2/h2-21H2,1H3,(H,35,36);2*1-2H3. The number of amides is 1. The first-order chi connectivity index (χ1) is 24.3. The van der Waals surface area contributed by atoms with Crippen LogP contribution in [0.2, 0.25) is 0 Å². The molecule has 0 bridgehead atoms. The molecule has 0 unspecified atom stereocenters. The predicted octanol–water partition coefficient (Wildman–Crippen LogP) is 4.78. The molecule has 0 saturated carbocycles. The molecule has 12 nitrogen and oxygen atoms in total. The fraction of sp³-hybridized carbons (Fsp3) is 0.758. The molecule has 0 heterocycles. The van der Waals surface area contributed by atoms with E-state index in [4.69, 9.17) is 37.9 Å². The van der Waals surface area contributed by atoms with E-state index in [2.05, 4.69) is 17.0 Å². The van der Waals surface area contributed by atoms with Crippen LogP contribution in [0.3, 0.4) is 0 Å². The van der Waals surface area contributed by atoms with Crippen LogP contribution < -0.4 is 10.1 Å². The van der Waals surface area contributed by atoms with Gasteiger partial charge in [-0.15, -0.1) is 0 Å². The highest BCUT2D eigenvalue weighted by Gasteiger charge is 2.28. The largest absolute Gasteiger partial charge is 0.420 e. The molecule has 0 spiro atoms. The predicted molar refractivity (Wildman–Crippen MR) is 174 cm³/mol. The van der Waals surface area contributed by atoms with Gasteiger partial charge in [0.15, 0.2) is 0 Å². The van der Waals surface area contributed by atoms with Crippen molar-refractivity contribution in [1.82, 2.24) is 5.32 Å². The minimum Gasteiger partial charge on any atom is -0.420 e. The molecule has 17 heteroatoms. The number of carbonyl (C=O) groups excluding carboxylic acids is 2. The summed E-state index contributed by atoms with van der Waals surface area (Å²) < 4.78 is 113. The zero-order valence-corrected chi connectivity index (χ0v) is 30.0. The zero-order valence-electron chi connectivity index (χ0n) is 30.0. The average Bonchev–Trinajstić information content (AvgIpc) is 3.13. The summed E-state index contributed by atoms with van der Waals surface area (Å²) in [5.74, 6) is -14.5. The summed E-state index contributed by atoms with van der Waals surface area (Å²) in [7, 11) is 0. The second-order valence-corrected chi connectivity index (χ2v) is 9.12. The smallest absolute Gasteiger partial charge is 0.313 e. The summed E-state index contributed by atoms with van der Waals surface area (Å²) in [5, 5.41) is 2.67. The summed E-state index contributed by atoms with van der Waals surface area (Å²) in [5.41, 5.74) is 0. The molecule has 0 aromatic heterocycles. The number of hydrogen-bond donors (Lipinski definition) is 1. The molecule has 0 radical (unpaired) electrons. The molecule has 0 aliphatic rings. The van der Waals surface area contributed by atoms with Gasteiger partial charge in [-0.2, -0.15) is 8.78 Å². The van der Waals surface area contributed by atoms with Crippen LogP contribution in [0.5, 0.6) is 5.75 Å². The van der Waals surface area contributed by atoms with Crippen LogP contribution in [0.4, 0.5) is 22.0 Å². The van der Waals surface area contributed by atoms with Gasteiger partial charge in [-0.1, -0.05) is 34.6 Å². The van der Waals surface area contributed by atoms with Gasteiger partial charge < -0.3 is 47.9 Å². The summed E-state index contributed by atoms with van der Waals surface area (Å²) in [6, 6.07) is 0. The van der Waals surface area contributed by atoms with Crippen molar-refractivity contribution in [3.63, 3.8) is 0 Å². The first-order valence-electron chi connectivity index (χ1n) is 16.9. The second-order valence-electron chi connectivity index (χ2n) is 9.12. The van der Waals surface area contributed by atoms with Crippen LogP contribution in [0.15, 0.2) is 0 Å². The van der Waals surface area contributed by atoms with Crippen LogP contribution in [-0.2, 0) is 47.5 Å². The Bertz CT molecular complexity index is 952. The molecule has 50 heavy (non-hydrogen) atoms. The van der Waals surface area contributed by atoms with E-state index >= 15 is 0 Å². The van der Waals surface area contributed by atoms with Gasteiger partial charge in [-0.25, -0.2) is 13.2 Å². The van der Waals surface area contributed by atoms with E-state index in [0.717, 1.165) is 13.0 Å². The Morgan fingerprint density at radius 2 is 0.780 bits per heavy atom. The number of nitrogens with one attached hydrogen (secondary N) is 1. The SMILES string of the molecule is CC.CC.CCCOCCOCCOCCOCCOCCOCCNC(=O)CCOCCOCCC(=O)Oc1c(F)c(F)c(F)c(F)c1F. The second kappa shape index (κ2) is 36.3. The molecule has 294 valence electrons. The summed E-state index contributed by atoms with van der Waals surface area (Å²) >= 11 is 0. The highest BCUT2D eigenvalue weighted by atomic mass is 19.2. The van der Waals surface area contributed by atoms with Gasteiger partial charge in [0.05, 0.1) is 106 Å².